The van der Waals surface area contributed by atoms with E-state index in [2.05, 4.69) is 26.2 Å². The highest BCUT2D eigenvalue weighted by atomic mass is 79.9. The fourth-order valence-corrected chi connectivity index (χ4v) is 3.78. The molecule has 2 aromatic carbocycles. The van der Waals surface area contributed by atoms with Crippen LogP contribution in [0.3, 0.4) is 0 Å². The molecule has 152 valence electrons. The monoisotopic (exact) mass is 483 g/mol. The van der Waals surface area contributed by atoms with E-state index in [4.69, 9.17) is 9.47 Å². The van der Waals surface area contributed by atoms with Crippen molar-refractivity contribution in [2.45, 2.75) is 6.42 Å². The van der Waals surface area contributed by atoms with Crippen molar-refractivity contribution in [3.63, 3.8) is 0 Å². The summed E-state index contributed by atoms with van der Waals surface area (Å²) in [5.74, 6) is 0.567. The van der Waals surface area contributed by atoms with E-state index in [1.54, 1.807) is 31.5 Å². The molecule has 1 N–H and O–H groups in total. The number of hydrogen-bond acceptors (Lipinski definition) is 6. The molecule has 30 heavy (non-hydrogen) atoms. The first-order valence-corrected chi connectivity index (χ1v) is 10.5. The van der Waals surface area contributed by atoms with Gasteiger partial charge in [-0.05, 0) is 41.5 Å². The lowest BCUT2D eigenvalue weighted by Gasteiger charge is -2.08. The van der Waals surface area contributed by atoms with Gasteiger partial charge >= 0.3 is 0 Å². The highest BCUT2D eigenvalue weighted by Crippen LogP contribution is 2.28. The fourth-order valence-electron chi connectivity index (χ4n) is 2.67. The standard InChI is InChI=1S/C22H18BrN3O3S/c1-28-19-8-5-15(11-20(19)29-2)9-16(12-24)21(27)26-22-25-13-18(30-22)10-14-3-6-17(23)7-4-14/h3-9,11,13H,10H2,1-2H3,(H,25,26,27). The molecule has 0 spiro atoms. The number of nitriles is 1. The Hall–Kier alpha value is -3.15. The van der Waals surface area contributed by atoms with Crippen molar-refractivity contribution in [3.8, 4) is 17.6 Å². The molecule has 0 fully saturated rings. The van der Waals surface area contributed by atoms with Gasteiger partial charge in [-0.1, -0.05) is 34.1 Å². The molecule has 3 aromatic rings. The van der Waals surface area contributed by atoms with Crippen LogP contribution in [0.4, 0.5) is 5.13 Å². The third-order valence-electron chi connectivity index (χ3n) is 4.15. The van der Waals surface area contributed by atoms with Crippen LogP contribution in [0.1, 0.15) is 16.0 Å². The lowest BCUT2D eigenvalue weighted by Crippen LogP contribution is -2.13. The van der Waals surface area contributed by atoms with E-state index in [9.17, 15) is 10.1 Å². The van der Waals surface area contributed by atoms with Crippen LogP contribution in [0.15, 0.2) is 58.7 Å². The molecule has 0 unspecified atom stereocenters. The number of aromatic nitrogens is 1. The lowest BCUT2D eigenvalue weighted by molar-refractivity contribution is -0.112. The molecule has 0 aliphatic rings. The molecular weight excluding hydrogens is 466 g/mol. The molecule has 1 heterocycles. The van der Waals surface area contributed by atoms with Crippen LogP contribution in [-0.4, -0.2) is 25.1 Å². The number of carbonyl (C=O) groups is 1. The highest BCUT2D eigenvalue weighted by molar-refractivity contribution is 9.10. The minimum Gasteiger partial charge on any atom is -0.493 e. The number of ether oxygens (including phenoxy) is 2. The molecule has 0 aliphatic heterocycles. The van der Waals surface area contributed by atoms with Crippen LogP contribution < -0.4 is 14.8 Å². The first-order chi connectivity index (χ1) is 14.5. The minimum absolute atomic E-state index is 0.0353. The first kappa shape index (κ1) is 21.6. The van der Waals surface area contributed by atoms with Crippen LogP contribution in [0.2, 0.25) is 0 Å². The zero-order chi connectivity index (χ0) is 21.5. The number of anilines is 1. The van der Waals surface area contributed by atoms with E-state index in [0.717, 1.165) is 14.9 Å². The molecule has 3 rings (SSSR count). The number of benzene rings is 2. The number of nitrogens with zero attached hydrogens (tertiary/aromatic N) is 2. The molecule has 8 heteroatoms. The molecule has 0 radical (unpaired) electrons. The number of halogens is 1. The van der Waals surface area contributed by atoms with Crippen molar-refractivity contribution in [3.05, 3.63) is 74.7 Å². The Bertz CT molecular complexity index is 1120. The number of carbonyl (C=O) groups excluding carboxylic acids is 1. The summed E-state index contributed by atoms with van der Waals surface area (Å²) in [4.78, 5) is 17.8. The number of nitrogens with one attached hydrogen (secondary N) is 1. The second-order valence-electron chi connectivity index (χ2n) is 6.17. The molecule has 0 saturated heterocycles. The van der Waals surface area contributed by atoms with E-state index in [1.807, 2.05) is 30.3 Å². The number of thiazole rings is 1. The molecule has 0 aliphatic carbocycles. The smallest absolute Gasteiger partial charge is 0.268 e. The van der Waals surface area contributed by atoms with Crippen molar-refractivity contribution in [2.24, 2.45) is 0 Å². The van der Waals surface area contributed by atoms with E-state index >= 15 is 0 Å². The summed E-state index contributed by atoms with van der Waals surface area (Å²) >= 11 is 4.80. The maximum absolute atomic E-state index is 12.5. The van der Waals surface area contributed by atoms with Crippen LogP contribution >= 0.6 is 27.3 Å². The summed E-state index contributed by atoms with van der Waals surface area (Å²) < 4.78 is 11.5. The van der Waals surface area contributed by atoms with Gasteiger partial charge in [0.05, 0.1) is 14.2 Å². The average molecular weight is 484 g/mol. The molecule has 1 amide bonds. The van der Waals surface area contributed by atoms with E-state index < -0.39 is 5.91 Å². The zero-order valence-electron chi connectivity index (χ0n) is 16.3. The van der Waals surface area contributed by atoms with Gasteiger partial charge in [-0.2, -0.15) is 5.26 Å². The molecule has 6 nitrogen and oxygen atoms in total. The topological polar surface area (TPSA) is 84.2 Å². The zero-order valence-corrected chi connectivity index (χ0v) is 18.7. The van der Waals surface area contributed by atoms with E-state index in [-0.39, 0.29) is 5.57 Å². The third kappa shape index (κ3) is 5.47. The van der Waals surface area contributed by atoms with Crippen molar-refractivity contribution in [1.82, 2.24) is 4.98 Å². The SMILES string of the molecule is COc1ccc(C=C(C#N)C(=O)Nc2ncc(Cc3ccc(Br)cc3)s2)cc1OC. The normalized spacial score (nSPS) is 10.9. The van der Waals surface area contributed by atoms with Gasteiger partial charge in [0.15, 0.2) is 16.6 Å². The summed E-state index contributed by atoms with van der Waals surface area (Å²) in [5.41, 5.74) is 1.76. The molecule has 0 atom stereocenters. The molecular formula is C22H18BrN3O3S. The van der Waals surface area contributed by atoms with Gasteiger partial charge in [0.2, 0.25) is 0 Å². The quantitative estimate of drug-likeness (QED) is 0.375. The molecule has 0 saturated carbocycles. The number of rotatable bonds is 7. The van der Waals surface area contributed by atoms with Gasteiger partial charge in [-0.25, -0.2) is 4.98 Å². The van der Waals surface area contributed by atoms with Crippen LogP contribution in [0, 0.1) is 11.3 Å². The average Bonchev–Trinajstić information content (AvgIpc) is 3.19. The summed E-state index contributed by atoms with van der Waals surface area (Å²) in [6, 6.07) is 15.1. The van der Waals surface area contributed by atoms with Gasteiger partial charge < -0.3 is 9.47 Å². The first-order valence-electron chi connectivity index (χ1n) is 8.86. The lowest BCUT2D eigenvalue weighted by atomic mass is 10.1. The van der Waals surface area contributed by atoms with Crippen LogP contribution in [0.25, 0.3) is 6.08 Å². The second-order valence-corrected chi connectivity index (χ2v) is 8.20. The highest BCUT2D eigenvalue weighted by Gasteiger charge is 2.13. The summed E-state index contributed by atoms with van der Waals surface area (Å²) in [6.45, 7) is 0. The minimum atomic E-state index is -0.517. The Balaban J connectivity index is 1.71. The predicted octanol–water partition coefficient (Wildman–Crippen LogP) is 5.06. The maximum atomic E-state index is 12.5. The largest absolute Gasteiger partial charge is 0.493 e. The maximum Gasteiger partial charge on any atom is 0.268 e. The number of amides is 1. The van der Waals surface area contributed by atoms with E-state index in [0.29, 0.717) is 28.6 Å². The Morgan fingerprint density at radius 1 is 1.20 bits per heavy atom. The van der Waals surface area contributed by atoms with Gasteiger partial charge in [0.1, 0.15) is 11.6 Å². The van der Waals surface area contributed by atoms with E-state index in [1.165, 1.54) is 24.5 Å². The Morgan fingerprint density at radius 3 is 2.60 bits per heavy atom. The van der Waals surface area contributed by atoms with Gasteiger partial charge in [-0.3, -0.25) is 10.1 Å². The Morgan fingerprint density at radius 2 is 1.93 bits per heavy atom. The predicted molar refractivity (Wildman–Crippen MR) is 121 cm³/mol. The summed E-state index contributed by atoms with van der Waals surface area (Å²) in [7, 11) is 3.07. The van der Waals surface area contributed by atoms with Crippen molar-refractivity contribution in [1.29, 1.82) is 5.26 Å². The van der Waals surface area contributed by atoms with Crippen LogP contribution in [0.5, 0.6) is 11.5 Å². The Kier molecular flexibility index (Phi) is 7.22. The van der Waals surface area contributed by atoms with Crippen LogP contribution in [-0.2, 0) is 11.2 Å². The third-order valence-corrected chi connectivity index (χ3v) is 5.59. The van der Waals surface area contributed by atoms with Gasteiger partial charge in [-0.15, -0.1) is 11.3 Å². The fraction of sp³-hybridized carbons (Fsp3) is 0.136. The number of hydrogen-bond donors (Lipinski definition) is 1. The molecule has 0 bridgehead atoms. The molecule has 1 aromatic heterocycles. The summed E-state index contributed by atoms with van der Waals surface area (Å²) in [5, 5.41) is 12.6. The Labute approximate surface area is 186 Å². The number of methoxy groups -OCH3 is 2. The van der Waals surface area contributed by atoms with Crippen molar-refractivity contribution >= 4 is 44.4 Å². The van der Waals surface area contributed by atoms with Gasteiger partial charge in [0.25, 0.3) is 5.91 Å². The van der Waals surface area contributed by atoms with Gasteiger partial charge in [0, 0.05) is 22.0 Å². The summed E-state index contributed by atoms with van der Waals surface area (Å²) in [6.07, 6.45) is 3.94. The second kappa shape index (κ2) is 10.1. The van der Waals surface area contributed by atoms with Crippen molar-refractivity contribution in [2.75, 3.05) is 19.5 Å². The van der Waals surface area contributed by atoms with Crippen molar-refractivity contribution < 1.29 is 14.3 Å².